The van der Waals surface area contributed by atoms with Crippen molar-refractivity contribution in [2.45, 2.75) is 303 Å². The van der Waals surface area contributed by atoms with Gasteiger partial charge in [0.1, 0.15) is 19.3 Å². The highest BCUT2D eigenvalue weighted by Crippen LogP contribution is 2.43. The van der Waals surface area contributed by atoms with Gasteiger partial charge in [0.05, 0.1) is 33.8 Å². The van der Waals surface area contributed by atoms with Crippen LogP contribution in [0.4, 0.5) is 0 Å². The van der Waals surface area contributed by atoms with E-state index in [1.165, 1.54) is 141 Å². The maximum absolute atomic E-state index is 13.6. The number of carbonyl (C=O) groups is 2. The average Bonchev–Trinajstić information content (AvgIpc) is 3.44. The number of nitrogens with zero attached hydrogens (tertiary/aromatic N) is 1. The number of phosphoric acid groups is 1. The third-order valence-electron chi connectivity index (χ3n) is 14.5. The smallest absolute Gasteiger partial charge is 0.456 e. The Morgan fingerprint density at radius 2 is 0.753 bits per heavy atom. The molecule has 0 radical (unpaired) electrons. The van der Waals surface area contributed by atoms with Crippen LogP contribution in [0.25, 0.3) is 0 Å². The second-order valence-electron chi connectivity index (χ2n) is 23.6. The van der Waals surface area contributed by atoms with E-state index >= 15 is 0 Å². The highest BCUT2D eigenvalue weighted by atomic mass is 31.2. The Morgan fingerprint density at radius 1 is 0.432 bits per heavy atom. The zero-order chi connectivity index (χ0) is 59.3. The summed E-state index contributed by atoms with van der Waals surface area (Å²) in [5, 5.41) is 3.06. The first-order valence-electron chi connectivity index (χ1n) is 33.6. The van der Waals surface area contributed by atoms with E-state index in [2.05, 4.69) is 111 Å². The Balaban J connectivity index is 5.14. The maximum atomic E-state index is 13.6. The summed E-state index contributed by atoms with van der Waals surface area (Å²) in [5.41, 5.74) is 0. The van der Waals surface area contributed by atoms with Gasteiger partial charge in [-0.2, -0.15) is 0 Å². The molecule has 0 aliphatic rings. The largest absolute Gasteiger partial charge is 0.472 e. The van der Waals surface area contributed by atoms with Crippen LogP contribution in [0.1, 0.15) is 290 Å². The Bertz CT molecular complexity index is 1710. The molecule has 0 aromatic heterocycles. The Morgan fingerprint density at radius 3 is 1.15 bits per heavy atom. The van der Waals surface area contributed by atoms with Crippen LogP contribution in [-0.2, 0) is 27.9 Å². The molecule has 10 heteroatoms. The van der Waals surface area contributed by atoms with Crippen LogP contribution in [0.3, 0.4) is 0 Å². The molecule has 81 heavy (non-hydrogen) atoms. The normalized spacial score (nSPS) is 14.2. The molecule has 1 amide bonds. The van der Waals surface area contributed by atoms with E-state index in [9.17, 15) is 19.0 Å². The lowest BCUT2D eigenvalue weighted by atomic mass is 10.0. The van der Waals surface area contributed by atoms with Gasteiger partial charge in [-0.05, 0) is 115 Å². The van der Waals surface area contributed by atoms with Crippen LogP contribution in [-0.4, -0.2) is 74.3 Å². The van der Waals surface area contributed by atoms with Crippen molar-refractivity contribution in [2.24, 2.45) is 0 Å². The van der Waals surface area contributed by atoms with E-state index in [1.807, 2.05) is 33.3 Å². The first-order valence-corrected chi connectivity index (χ1v) is 35.1. The van der Waals surface area contributed by atoms with Crippen molar-refractivity contribution >= 4 is 19.7 Å². The van der Waals surface area contributed by atoms with Crippen LogP contribution < -0.4 is 5.32 Å². The molecule has 0 aromatic rings. The second kappa shape index (κ2) is 60.1. The van der Waals surface area contributed by atoms with Gasteiger partial charge in [0.15, 0.2) is 0 Å². The van der Waals surface area contributed by atoms with Crippen LogP contribution >= 0.6 is 7.82 Å². The minimum Gasteiger partial charge on any atom is -0.456 e. The first-order chi connectivity index (χ1) is 39.4. The topological polar surface area (TPSA) is 111 Å². The molecule has 0 rings (SSSR count). The number of allylic oxidation sites excluding steroid dienone is 15. The average molecular weight is 1150 g/mol. The minimum absolute atomic E-state index is 0.0325. The molecule has 0 saturated carbocycles. The molecule has 0 fully saturated rings. The van der Waals surface area contributed by atoms with Crippen molar-refractivity contribution in [3.63, 3.8) is 0 Å². The molecular weight excluding hydrogens is 1020 g/mol. The summed E-state index contributed by atoms with van der Waals surface area (Å²) in [6, 6.07) is -0.863. The van der Waals surface area contributed by atoms with Crippen LogP contribution in [0, 0.1) is 0 Å². The van der Waals surface area contributed by atoms with Crippen molar-refractivity contribution in [1.29, 1.82) is 0 Å². The van der Waals surface area contributed by atoms with E-state index in [0.717, 1.165) is 116 Å². The lowest BCUT2D eigenvalue weighted by molar-refractivity contribution is -0.870. The zero-order valence-electron chi connectivity index (χ0n) is 53.5. The second-order valence-corrected chi connectivity index (χ2v) is 25.1. The predicted octanol–water partition coefficient (Wildman–Crippen LogP) is 21.1. The summed E-state index contributed by atoms with van der Waals surface area (Å²) in [7, 11) is 1.48. The fourth-order valence-corrected chi connectivity index (χ4v) is 10.0. The van der Waals surface area contributed by atoms with Gasteiger partial charge in [-0.1, -0.05) is 260 Å². The number of likely N-dealkylation sites (N-methyl/N-ethyl adjacent to an activating group) is 1. The van der Waals surface area contributed by atoms with Gasteiger partial charge in [0.2, 0.25) is 5.91 Å². The monoisotopic (exact) mass is 1150 g/mol. The van der Waals surface area contributed by atoms with Crippen molar-refractivity contribution in [3.8, 4) is 0 Å². The number of carbonyl (C=O) groups excluding carboxylic acids is 2. The predicted molar refractivity (Wildman–Crippen MR) is 350 cm³/mol. The molecule has 0 saturated heterocycles. The van der Waals surface area contributed by atoms with E-state index in [0.29, 0.717) is 17.4 Å². The molecule has 0 aliphatic heterocycles. The number of ether oxygens (including phenoxy) is 1. The molecule has 0 aromatic carbocycles. The number of phosphoric ester groups is 1. The van der Waals surface area contributed by atoms with Gasteiger partial charge in [0, 0.05) is 12.8 Å². The Hall–Kier alpha value is -3.07. The third kappa shape index (κ3) is 61.3. The van der Waals surface area contributed by atoms with Gasteiger partial charge in [-0.3, -0.25) is 18.6 Å². The van der Waals surface area contributed by atoms with E-state index < -0.39 is 20.0 Å². The van der Waals surface area contributed by atoms with E-state index in [1.54, 1.807) is 0 Å². The molecule has 0 heterocycles. The third-order valence-corrected chi connectivity index (χ3v) is 15.5. The number of amides is 1. The lowest BCUT2D eigenvalue weighted by Gasteiger charge is -2.27. The van der Waals surface area contributed by atoms with Crippen LogP contribution in [0.2, 0.25) is 0 Å². The molecule has 0 aliphatic carbocycles. The molecule has 3 unspecified atom stereocenters. The zero-order valence-corrected chi connectivity index (χ0v) is 54.4. The highest BCUT2D eigenvalue weighted by molar-refractivity contribution is 7.47. The van der Waals surface area contributed by atoms with Gasteiger partial charge >= 0.3 is 13.8 Å². The number of unbranched alkanes of at least 4 members (excludes halogenated alkanes) is 30. The van der Waals surface area contributed by atoms with Crippen molar-refractivity contribution in [1.82, 2.24) is 5.32 Å². The fraction of sp³-hybridized carbons (Fsp3) is 0.746. The molecule has 9 nitrogen and oxygen atoms in total. The fourth-order valence-electron chi connectivity index (χ4n) is 9.28. The van der Waals surface area contributed by atoms with Gasteiger partial charge in [-0.25, -0.2) is 4.57 Å². The summed E-state index contributed by atoms with van der Waals surface area (Å²) in [4.78, 5) is 37.8. The Kier molecular flexibility index (Phi) is 57.8. The minimum atomic E-state index is -4.46. The van der Waals surface area contributed by atoms with Crippen molar-refractivity contribution in [2.75, 3.05) is 40.9 Å². The van der Waals surface area contributed by atoms with Crippen LogP contribution in [0.15, 0.2) is 97.2 Å². The molecule has 468 valence electrons. The maximum Gasteiger partial charge on any atom is 0.472 e. The summed E-state index contributed by atoms with van der Waals surface area (Å²) in [5.74, 6) is -0.527. The molecule has 2 N–H and O–H groups in total. The summed E-state index contributed by atoms with van der Waals surface area (Å²) >= 11 is 0. The summed E-state index contributed by atoms with van der Waals surface area (Å²) in [6.07, 6.45) is 81.2. The van der Waals surface area contributed by atoms with E-state index in [-0.39, 0.29) is 31.5 Å². The molecule has 3 atom stereocenters. The number of esters is 1. The van der Waals surface area contributed by atoms with Gasteiger partial charge in [-0.15, -0.1) is 0 Å². The molecular formula is C71H128N2O7P+. The number of nitrogens with one attached hydrogen (secondary N) is 1. The number of rotatable bonds is 60. The van der Waals surface area contributed by atoms with Gasteiger partial charge < -0.3 is 19.4 Å². The lowest BCUT2D eigenvalue weighted by Crippen LogP contribution is -2.47. The molecule has 0 bridgehead atoms. The van der Waals surface area contributed by atoms with Crippen LogP contribution in [0.5, 0.6) is 0 Å². The number of quaternary nitrogens is 1. The molecule has 0 spiro atoms. The first kappa shape index (κ1) is 77.9. The summed E-state index contributed by atoms with van der Waals surface area (Å²) < 4.78 is 30.7. The SMILES string of the molecule is CCCCC/C=C\C/C=C\C/C=C\C/C=C\CCCCCCCCCCCC(=O)NC(COP(=O)(O)OCC[N+](C)(C)C)C(/C=C\CCCCCCCCCCC)OC(=O)CCCCCCCC/C=C\C/C=C\C/C=C\CCCCC. The van der Waals surface area contributed by atoms with Crippen molar-refractivity contribution < 1.29 is 37.3 Å². The highest BCUT2D eigenvalue weighted by Gasteiger charge is 2.30. The Labute approximate surface area is 500 Å². The summed E-state index contributed by atoms with van der Waals surface area (Å²) in [6.45, 7) is 6.94. The van der Waals surface area contributed by atoms with E-state index in [4.69, 9.17) is 13.8 Å². The van der Waals surface area contributed by atoms with Crippen molar-refractivity contribution in [3.05, 3.63) is 97.2 Å². The van der Waals surface area contributed by atoms with Gasteiger partial charge in [0.25, 0.3) is 0 Å². The standard InChI is InChI=1S/C71H127N2O7P/c1-7-10-13-16-19-22-25-27-29-31-33-34-35-36-37-38-40-41-43-45-48-51-54-57-60-63-70(74)72-68(67-79-81(76,77)78-66-65-73(4,5)6)69(62-59-56-53-50-47-24-21-18-15-12-9-3)80-71(75)64-61-58-55-52-49-46-44-42-39-32-30-28-26-23-20-17-14-11-8-2/h19-20,22-23,27-30,33-34,36-37,39,42,59,62,68-69H,7-18,21,24-26,31-32,35,38,40-41,43-58,60-61,63-67H2,1-6H3,(H-,72,74,76,77)/p+1/b22-19-,23-20-,29-27-,30-28-,34-33-,37-36-,42-39-,62-59-. The quantitative estimate of drug-likeness (QED) is 0.0205. The number of hydrogen-bond donors (Lipinski definition) is 2. The number of hydrogen-bond acceptors (Lipinski definition) is 6.